The first-order valence-electron chi connectivity index (χ1n) is 6.15. The number of methoxy groups -OCH3 is 1. The van der Waals surface area contributed by atoms with Crippen LogP contribution in [0.3, 0.4) is 0 Å². The van der Waals surface area contributed by atoms with Crippen molar-refractivity contribution < 1.29 is 9.47 Å². The minimum absolute atomic E-state index is 0.622. The Labute approximate surface area is 107 Å². The molecule has 0 saturated carbocycles. The Bertz CT molecular complexity index is 536. The van der Waals surface area contributed by atoms with Gasteiger partial charge in [0.1, 0.15) is 0 Å². The fourth-order valence-electron chi connectivity index (χ4n) is 2.54. The largest absolute Gasteiger partial charge is 0.349 e. The van der Waals surface area contributed by atoms with Gasteiger partial charge in [-0.1, -0.05) is 54.6 Å². The number of rotatable bonds is 3. The molecular formula is C16H16O2. The van der Waals surface area contributed by atoms with Gasteiger partial charge >= 0.3 is 0 Å². The predicted octanol–water partition coefficient (Wildman–Crippen LogP) is 3.26. The topological polar surface area (TPSA) is 18.5 Å². The van der Waals surface area contributed by atoms with Crippen molar-refractivity contribution in [1.82, 2.24) is 0 Å². The molecule has 1 unspecified atom stereocenters. The van der Waals surface area contributed by atoms with Crippen LogP contribution in [0.4, 0.5) is 0 Å². The summed E-state index contributed by atoms with van der Waals surface area (Å²) in [6, 6.07) is 18.6. The second-order valence-corrected chi connectivity index (χ2v) is 4.57. The lowest BCUT2D eigenvalue weighted by Crippen LogP contribution is -2.30. The van der Waals surface area contributed by atoms with E-state index in [4.69, 9.17) is 9.47 Å². The van der Waals surface area contributed by atoms with Crippen LogP contribution < -0.4 is 0 Å². The van der Waals surface area contributed by atoms with E-state index in [1.165, 1.54) is 11.1 Å². The van der Waals surface area contributed by atoms with Gasteiger partial charge in [0, 0.05) is 19.1 Å². The van der Waals surface area contributed by atoms with Crippen molar-refractivity contribution in [2.24, 2.45) is 0 Å². The molecule has 3 rings (SSSR count). The lowest BCUT2D eigenvalue weighted by molar-refractivity contribution is -0.222. The zero-order valence-electron chi connectivity index (χ0n) is 10.4. The third-order valence-electron chi connectivity index (χ3n) is 3.50. The zero-order valence-corrected chi connectivity index (χ0v) is 10.4. The van der Waals surface area contributed by atoms with E-state index in [0.717, 1.165) is 12.0 Å². The maximum absolute atomic E-state index is 5.94. The van der Waals surface area contributed by atoms with E-state index in [9.17, 15) is 0 Å². The first kappa shape index (κ1) is 11.5. The summed E-state index contributed by atoms with van der Waals surface area (Å²) in [4.78, 5) is 0. The van der Waals surface area contributed by atoms with Gasteiger partial charge in [0.15, 0.2) is 5.79 Å². The van der Waals surface area contributed by atoms with Crippen LogP contribution in [0.2, 0.25) is 0 Å². The third-order valence-corrected chi connectivity index (χ3v) is 3.50. The van der Waals surface area contributed by atoms with Crippen LogP contribution >= 0.6 is 0 Å². The van der Waals surface area contributed by atoms with Gasteiger partial charge in [-0.15, -0.1) is 0 Å². The summed E-state index contributed by atoms with van der Waals surface area (Å²) in [6.45, 7) is 0.622. The molecule has 0 aromatic heterocycles. The normalized spacial score (nSPS) is 21.8. The quantitative estimate of drug-likeness (QED) is 0.819. The van der Waals surface area contributed by atoms with E-state index >= 15 is 0 Å². The van der Waals surface area contributed by atoms with E-state index in [2.05, 4.69) is 24.3 Å². The van der Waals surface area contributed by atoms with Crippen LogP contribution in [0.25, 0.3) is 0 Å². The number of hydrogen-bond donors (Lipinski definition) is 0. The summed E-state index contributed by atoms with van der Waals surface area (Å²) in [7, 11) is 1.71. The van der Waals surface area contributed by atoms with Gasteiger partial charge in [-0.3, -0.25) is 0 Å². The molecule has 1 aliphatic rings. The Morgan fingerprint density at radius 3 is 2.56 bits per heavy atom. The highest BCUT2D eigenvalue weighted by Crippen LogP contribution is 2.39. The predicted molar refractivity (Wildman–Crippen MR) is 70.1 cm³/mol. The van der Waals surface area contributed by atoms with Crippen LogP contribution in [-0.4, -0.2) is 7.11 Å². The zero-order chi connectivity index (χ0) is 12.4. The third kappa shape index (κ3) is 1.84. The average molecular weight is 240 g/mol. The molecule has 2 aromatic carbocycles. The highest BCUT2D eigenvalue weighted by molar-refractivity contribution is 5.35. The molecule has 0 saturated heterocycles. The first-order valence-corrected chi connectivity index (χ1v) is 6.15. The molecule has 1 aliphatic heterocycles. The van der Waals surface area contributed by atoms with Gasteiger partial charge in [-0.25, -0.2) is 0 Å². The van der Waals surface area contributed by atoms with Crippen molar-refractivity contribution >= 4 is 0 Å². The molecule has 0 spiro atoms. The smallest absolute Gasteiger partial charge is 0.199 e. The van der Waals surface area contributed by atoms with Gasteiger partial charge in [0.25, 0.3) is 0 Å². The molecule has 0 amide bonds. The molecule has 0 N–H and O–H groups in total. The average Bonchev–Trinajstić information content (AvgIpc) is 2.80. The van der Waals surface area contributed by atoms with E-state index in [0.29, 0.717) is 6.61 Å². The molecule has 2 aromatic rings. The van der Waals surface area contributed by atoms with E-state index in [-0.39, 0.29) is 0 Å². The molecule has 92 valence electrons. The lowest BCUT2D eigenvalue weighted by atomic mass is 9.96. The minimum Gasteiger partial charge on any atom is -0.349 e. The molecule has 0 fully saturated rings. The minimum atomic E-state index is -0.627. The summed E-state index contributed by atoms with van der Waals surface area (Å²) in [5.74, 6) is -0.627. The van der Waals surface area contributed by atoms with Gasteiger partial charge in [-0.2, -0.15) is 0 Å². The Kier molecular flexibility index (Phi) is 2.90. The molecule has 1 heterocycles. The molecule has 18 heavy (non-hydrogen) atoms. The molecular weight excluding hydrogens is 224 g/mol. The van der Waals surface area contributed by atoms with Crippen molar-refractivity contribution in [2.45, 2.75) is 18.8 Å². The molecule has 2 heteroatoms. The maximum Gasteiger partial charge on any atom is 0.199 e. The standard InChI is InChI=1S/C16H16O2/c1-17-16(11-13-7-3-2-4-8-13)15-10-6-5-9-14(15)12-18-16/h2-10H,11-12H2,1H3. The van der Waals surface area contributed by atoms with Crippen LogP contribution in [0.1, 0.15) is 16.7 Å². The highest BCUT2D eigenvalue weighted by atomic mass is 16.7. The second-order valence-electron chi connectivity index (χ2n) is 4.57. The SMILES string of the molecule is COC1(Cc2ccccc2)OCc2ccccc21. The lowest BCUT2D eigenvalue weighted by Gasteiger charge is -2.28. The van der Waals surface area contributed by atoms with E-state index in [1.54, 1.807) is 7.11 Å². The van der Waals surface area contributed by atoms with Crippen molar-refractivity contribution in [3.05, 3.63) is 71.3 Å². The van der Waals surface area contributed by atoms with Crippen molar-refractivity contribution in [2.75, 3.05) is 7.11 Å². The number of benzene rings is 2. The number of fused-ring (bicyclic) bond motifs is 1. The molecule has 2 nitrogen and oxygen atoms in total. The summed E-state index contributed by atoms with van der Waals surface area (Å²) in [5.41, 5.74) is 3.59. The Balaban J connectivity index is 1.98. The van der Waals surface area contributed by atoms with Gasteiger partial charge in [0.05, 0.1) is 6.61 Å². The van der Waals surface area contributed by atoms with Gasteiger partial charge < -0.3 is 9.47 Å². The van der Waals surface area contributed by atoms with E-state index < -0.39 is 5.79 Å². The summed E-state index contributed by atoms with van der Waals surface area (Å²) >= 11 is 0. The van der Waals surface area contributed by atoms with Gasteiger partial charge in [-0.05, 0) is 11.1 Å². The van der Waals surface area contributed by atoms with Crippen molar-refractivity contribution in [3.63, 3.8) is 0 Å². The Morgan fingerprint density at radius 2 is 1.78 bits per heavy atom. The van der Waals surface area contributed by atoms with Gasteiger partial charge in [0.2, 0.25) is 0 Å². The second kappa shape index (κ2) is 4.56. The van der Waals surface area contributed by atoms with Crippen LogP contribution in [0, 0.1) is 0 Å². The maximum atomic E-state index is 5.94. The summed E-state index contributed by atoms with van der Waals surface area (Å²) in [5, 5.41) is 0. The molecule has 0 bridgehead atoms. The fraction of sp³-hybridized carbons (Fsp3) is 0.250. The summed E-state index contributed by atoms with van der Waals surface area (Å²) < 4.78 is 11.6. The van der Waals surface area contributed by atoms with Crippen LogP contribution in [-0.2, 0) is 28.3 Å². The molecule has 0 radical (unpaired) electrons. The number of hydrogen-bond acceptors (Lipinski definition) is 2. The van der Waals surface area contributed by atoms with Crippen molar-refractivity contribution in [3.8, 4) is 0 Å². The van der Waals surface area contributed by atoms with Crippen LogP contribution in [0.5, 0.6) is 0 Å². The molecule has 1 atom stereocenters. The van der Waals surface area contributed by atoms with Crippen molar-refractivity contribution in [1.29, 1.82) is 0 Å². The fourth-order valence-corrected chi connectivity index (χ4v) is 2.54. The number of ether oxygens (including phenoxy) is 2. The van der Waals surface area contributed by atoms with E-state index in [1.807, 2.05) is 30.3 Å². The monoisotopic (exact) mass is 240 g/mol. The highest BCUT2D eigenvalue weighted by Gasteiger charge is 2.40. The Morgan fingerprint density at radius 1 is 1.06 bits per heavy atom. The Hall–Kier alpha value is -1.64. The summed E-state index contributed by atoms with van der Waals surface area (Å²) in [6.07, 6.45) is 0.737. The van der Waals surface area contributed by atoms with Crippen LogP contribution in [0.15, 0.2) is 54.6 Å². The molecule has 0 aliphatic carbocycles. The first-order chi connectivity index (χ1) is 8.84.